The highest BCUT2D eigenvalue weighted by Crippen LogP contribution is 2.37. The Morgan fingerprint density at radius 2 is 1.75 bits per heavy atom. The Balaban J connectivity index is 2.76. The Bertz CT molecular complexity index is 319. The molecular formula is C13H22O3. The van der Waals surface area contributed by atoms with E-state index in [4.69, 9.17) is 9.78 Å². The van der Waals surface area contributed by atoms with E-state index in [0.29, 0.717) is 12.2 Å². The molecule has 0 radical (unpaired) electrons. The van der Waals surface area contributed by atoms with Gasteiger partial charge in [0.2, 0.25) is 11.5 Å². The van der Waals surface area contributed by atoms with Crippen molar-refractivity contribution in [3.63, 3.8) is 0 Å². The number of hydrogen-bond donors (Lipinski definition) is 0. The van der Waals surface area contributed by atoms with Gasteiger partial charge in [0.05, 0.1) is 0 Å². The maximum Gasteiger partial charge on any atom is 0.207 e. The highest BCUT2D eigenvalue weighted by Gasteiger charge is 2.33. The summed E-state index contributed by atoms with van der Waals surface area (Å²) in [4.78, 5) is 22.3. The fourth-order valence-corrected chi connectivity index (χ4v) is 1.90. The van der Waals surface area contributed by atoms with Crippen molar-refractivity contribution in [2.24, 2.45) is 5.41 Å². The summed E-state index contributed by atoms with van der Waals surface area (Å²) in [5.74, 6) is 0.437. The second-order valence-corrected chi connectivity index (χ2v) is 6.33. The van der Waals surface area contributed by atoms with Crippen molar-refractivity contribution >= 4 is 5.78 Å². The number of carbonyl (C=O) groups excluding carboxylic acids is 1. The van der Waals surface area contributed by atoms with Crippen LogP contribution in [0.2, 0.25) is 0 Å². The van der Waals surface area contributed by atoms with Crippen molar-refractivity contribution in [1.82, 2.24) is 0 Å². The van der Waals surface area contributed by atoms with E-state index in [9.17, 15) is 4.79 Å². The van der Waals surface area contributed by atoms with Crippen molar-refractivity contribution in [1.29, 1.82) is 0 Å². The van der Waals surface area contributed by atoms with Gasteiger partial charge >= 0.3 is 0 Å². The van der Waals surface area contributed by atoms with Gasteiger partial charge in [0, 0.05) is 6.42 Å². The van der Waals surface area contributed by atoms with Crippen LogP contribution < -0.4 is 0 Å². The molecule has 0 atom stereocenters. The van der Waals surface area contributed by atoms with E-state index in [1.165, 1.54) is 0 Å². The lowest BCUT2D eigenvalue weighted by Crippen LogP contribution is -2.28. The van der Waals surface area contributed by atoms with Gasteiger partial charge in [0.25, 0.3) is 0 Å². The minimum absolute atomic E-state index is 0.0375. The first-order chi connectivity index (χ1) is 7.11. The average Bonchev–Trinajstić information content (AvgIpc) is 1.96. The van der Waals surface area contributed by atoms with Gasteiger partial charge in [-0.25, -0.2) is 0 Å². The average molecular weight is 226 g/mol. The van der Waals surface area contributed by atoms with Crippen molar-refractivity contribution in [3.05, 3.63) is 11.3 Å². The summed E-state index contributed by atoms with van der Waals surface area (Å²) in [5.41, 5.74) is 0.613. The molecule has 0 saturated heterocycles. The van der Waals surface area contributed by atoms with Crippen molar-refractivity contribution in [2.75, 3.05) is 0 Å². The molecule has 0 N–H and O–H groups in total. The summed E-state index contributed by atoms with van der Waals surface area (Å²) in [6.07, 6.45) is 1.40. The summed E-state index contributed by atoms with van der Waals surface area (Å²) in [6.45, 7) is 11.8. The Kier molecular flexibility index (Phi) is 3.48. The first-order valence-electron chi connectivity index (χ1n) is 5.69. The van der Waals surface area contributed by atoms with E-state index < -0.39 is 5.60 Å². The molecule has 0 aromatic carbocycles. The number of ketones is 1. The Morgan fingerprint density at radius 3 is 2.19 bits per heavy atom. The lowest BCUT2D eigenvalue weighted by molar-refractivity contribution is -0.320. The normalized spacial score (nSPS) is 21.2. The Labute approximate surface area is 97.7 Å². The molecule has 0 fully saturated rings. The van der Waals surface area contributed by atoms with Crippen LogP contribution in [0.1, 0.15) is 54.4 Å². The van der Waals surface area contributed by atoms with E-state index in [2.05, 4.69) is 13.8 Å². The molecule has 0 spiro atoms. The lowest BCUT2D eigenvalue weighted by atomic mass is 9.76. The molecule has 16 heavy (non-hydrogen) atoms. The molecule has 3 heteroatoms. The highest BCUT2D eigenvalue weighted by atomic mass is 17.2. The molecule has 0 heterocycles. The van der Waals surface area contributed by atoms with Gasteiger partial charge < -0.3 is 4.89 Å². The fraction of sp³-hybridized carbons (Fsp3) is 0.769. The molecular weight excluding hydrogens is 204 g/mol. The van der Waals surface area contributed by atoms with Gasteiger partial charge in [0.1, 0.15) is 5.60 Å². The van der Waals surface area contributed by atoms with Crippen molar-refractivity contribution < 1.29 is 14.6 Å². The van der Waals surface area contributed by atoms with Crippen LogP contribution in [0.4, 0.5) is 0 Å². The highest BCUT2D eigenvalue weighted by molar-refractivity contribution is 5.95. The van der Waals surface area contributed by atoms with E-state index in [1.807, 2.05) is 27.7 Å². The molecule has 1 rings (SSSR count). The summed E-state index contributed by atoms with van der Waals surface area (Å²) >= 11 is 0. The zero-order chi connectivity index (χ0) is 12.6. The number of rotatable bonds is 2. The minimum Gasteiger partial charge on any atom is -0.333 e. The van der Waals surface area contributed by atoms with Crippen LogP contribution in [0.5, 0.6) is 0 Å². The van der Waals surface area contributed by atoms with Crippen LogP contribution in [-0.4, -0.2) is 11.4 Å². The van der Waals surface area contributed by atoms with Crippen molar-refractivity contribution in [2.45, 2.75) is 60.0 Å². The van der Waals surface area contributed by atoms with Gasteiger partial charge in [0.15, 0.2) is 0 Å². The molecule has 0 saturated carbocycles. The van der Waals surface area contributed by atoms with Gasteiger partial charge in [-0.3, -0.25) is 4.79 Å². The molecule has 3 nitrogen and oxygen atoms in total. The lowest BCUT2D eigenvalue weighted by Gasteiger charge is -2.30. The zero-order valence-corrected chi connectivity index (χ0v) is 11.1. The summed E-state index contributed by atoms with van der Waals surface area (Å²) < 4.78 is 0. The monoisotopic (exact) mass is 226 g/mol. The number of allylic oxidation sites excluding steroid dienone is 2. The quantitative estimate of drug-likeness (QED) is 0.534. The number of Topliss-reactive ketones (excluding diaryl/α,β-unsaturated/α-hetero) is 1. The second kappa shape index (κ2) is 4.21. The maximum absolute atomic E-state index is 11.9. The maximum atomic E-state index is 11.9. The minimum atomic E-state index is -0.402. The third kappa shape index (κ3) is 3.63. The van der Waals surface area contributed by atoms with Gasteiger partial charge in [-0.2, -0.15) is 4.89 Å². The van der Waals surface area contributed by atoms with Crippen LogP contribution in [0.15, 0.2) is 11.3 Å². The largest absolute Gasteiger partial charge is 0.333 e. The van der Waals surface area contributed by atoms with Gasteiger partial charge in [-0.1, -0.05) is 13.8 Å². The molecule has 0 amide bonds. The summed E-state index contributed by atoms with van der Waals surface area (Å²) in [5, 5.41) is 0. The molecule has 92 valence electrons. The van der Waals surface area contributed by atoms with E-state index in [0.717, 1.165) is 12.0 Å². The Morgan fingerprint density at radius 1 is 1.19 bits per heavy atom. The summed E-state index contributed by atoms with van der Waals surface area (Å²) in [7, 11) is 0. The second-order valence-electron chi connectivity index (χ2n) is 6.33. The first kappa shape index (κ1) is 13.2. The molecule has 0 bridgehead atoms. The predicted octanol–water partition coefficient (Wildman–Crippen LogP) is 3.40. The first-order valence-corrected chi connectivity index (χ1v) is 5.69. The third-order valence-electron chi connectivity index (χ3n) is 2.40. The number of hydrogen-bond acceptors (Lipinski definition) is 3. The van der Waals surface area contributed by atoms with Crippen LogP contribution >= 0.6 is 0 Å². The molecule has 0 aliphatic heterocycles. The topological polar surface area (TPSA) is 35.5 Å². The van der Waals surface area contributed by atoms with Crippen LogP contribution in [0, 0.1) is 5.41 Å². The standard InChI is InChI=1S/C13H22O3/c1-9-7-13(5,6)8-10(14)11(9)15-16-12(2,3)4/h7-8H2,1-6H3. The number of carbonyl (C=O) groups is 1. The summed E-state index contributed by atoms with van der Waals surface area (Å²) in [6, 6.07) is 0. The van der Waals surface area contributed by atoms with Gasteiger partial charge in [-0.05, 0) is 45.1 Å². The molecule has 0 unspecified atom stereocenters. The molecule has 1 aliphatic rings. The molecule has 1 aliphatic carbocycles. The van der Waals surface area contributed by atoms with E-state index >= 15 is 0 Å². The molecule has 0 aromatic heterocycles. The SMILES string of the molecule is CC1=C(OOC(C)(C)C)C(=O)CC(C)(C)C1. The van der Waals surface area contributed by atoms with E-state index in [-0.39, 0.29) is 11.2 Å². The third-order valence-corrected chi connectivity index (χ3v) is 2.40. The fourth-order valence-electron chi connectivity index (χ4n) is 1.90. The van der Waals surface area contributed by atoms with Gasteiger partial charge in [-0.15, -0.1) is 0 Å². The van der Waals surface area contributed by atoms with Crippen LogP contribution in [0.25, 0.3) is 0 Å². The van der Waals surface area contributed by atoms with Crippen LogP contribution in [0.3, 0.4) is 0 Å². The molecule has 0 aromatic rings. The zero-order valence-electron chi connectivity index (χ0n) is 11.1. The van der Waals surface area contributed by atoms with Crippen molar-refractivity contribution in [3.8, 4) is 0 Å². The van der Waals surface area contributed by atoms with E-state index in [1.54, 1.807) is 0 Å². The van der Waals surface area contributed by atoms with Crippen LogP contribution in [-0.2, 0) is 14.6 Å². The Hall–Kier alpha value is -0.830. The smallest absolute Gasteiger partial charge is 0.207 e. The predicted molar refractivity (Wildman–Crippen MR) is 62.6 cm³/mol.